The molecule has 5 rings (SSSR count). The van der Waals surface area contributed by atoms with Crippen LogP contribution in [0, 0.1) is 13.8 Å². The van der Waals surface area contributed by atoms with Gasteiger partial charge < -0.3 is 10.1 Å². The quantitative estimate of drug-likeness (QED) is 0.647. The highest BCUT2D eigenvalue weighted by molar-refractivity contribution is 5.97. The molecule has 1 amide bonds. The number of hydrogen-bond donors (Lipinski definition) is 1. The molecule has 2 saturated heterocycles. The summed E-state index contributed by atoms with van der Waals surface area (Å²) in [5.74, 6) is -0.0892. The van der Waals surface area contributed by atoms with E-state index in [2.05, 4.69) is 37.3 Å². The minimum absolute atomic E-state index is 0.0297. The van der Waals surface area contributed by atoms with E-state index in [4.69, 9.17) is 4.74 Å². The van der Waals surface area contributed by atoms with Gasteiger partial charge in [-0.15, -0.1) is 0 Å². The van der Waals surface area contributed by atoms with Gasteiger partial charge in [-0.25, -0.2) is 9.97 Å². The molecule has 172 valence electrons. The molecule has 1 N–H and O–H groups in total. The van der Waals surface area contributed by atoms with E-state index in [1.165, 1.54) is 5.56 Å². The van der Waals surface area contributed by atoms with Crippen molar-refractivity contribution in [3.63, 3.8) is 0 Å². The van der Waals surface area contributed by atoms with E-state index >= 15 is 0 Å². The second kappa shape index (κ2) is 9.15. The Bertz CT molecular complexity index is 1140. The third-order valence-corrected chi connectivity index (χ3v) is 7.09. The number of nitrogens with one attached hydrogen (secondary N) is 1. The van der Waals surface area contributed by atoms with Crippen LogP contribution in [-0.2, 0) is 11.3 Å². The van der Waals surface area contributed by atoms with Crippen LogP contribution >= 0.6 is 0 Å². The molecule has 2 aliphatic heterocycles. The fourth-order valence-corrected chi connectivity index (χ4v) is 4.95. The summed E-state index contributed by atoms with van der Waals surface area (Å²) in [6.07, 6.45) is 7.94. The number of rotatable bonds is 5. The first-order valence-electron chi connectivity index (χ1n) is 11.8. The van der Waals surface area contributed by atoms with Crippen LogP contribution in [0.2, 0.25) is 0 Å². The molecule has 7 nitrogen and oxygen atoms in total. The monoisotopic (exact) mass is 445 g/mol. The van der Waals surface area contributed by atoms with Crippen LogP contribution in [0.1, 0.15) is 53.0 Å². The normalized spacial score (nSPS) is 20.4. The van der Waals surface area contributed by atoms with Crippen molar-refractivity contribution in [2.24, 2.45) is 0 Å². The van der Waals surface area contributed by atoms with Crippen LogP contribution in [0.25, 0.3) is 11.0 Å². The number of pyridine rings is 1. The first-order valence-corrected chi connectivity index (χ1v) is 11.8. The molecule has 2 aliphatic rings. The summed E-state index contributed by atoms with van der Waals surface area (Å²) in [6.45, 7) is 7.47. The smallest absolute Gasteiger partial charge is 0.251 e. The van der Waals surface area contributed by atoms with Crippen molar-refractivity contribution in [2.75, 3.05) is 19.6 Å². The van der Waals surface area contributed by atoms with Crippen molar-refractivity contribution in [2.45, 2.75) is 57.8 Å². The molecule has 0 saturated carbocycles. The SMILES string of the molecule is Cc1nc2ccc(C(=O)NCC3CCC4(CCN(Cc5ccncc5)CC4)O3)cc2nc1C. The number of hydrogen-bond acceptors (Lipinski definition) is 6. The van der Waals surface area contributed by atoms with E-state index in [1.807, 2.05) is 44.4 Å². The minimum atomic E-state index is -0.0892. The van der Waals surface area contributed by atoms with Crippen LogP contribution in [0.3, 0.4) is 0 Å². The molecular formula is C26H31N5O2. The molecule has 2 aromatic heterocycles. The predicted octanol–water partition coefficient (Wildman–Crippen LogP) is 3.59. The second-order valence-electron chi connectivity index (χ2n) is 9.40. The number of ether oxygens (including phenoxy) is 1. The predicted molar refractivity (Wildman–Crippen MR) is 127 cm³/mol. The lowest BCUT2D eigenvalue weighted by Gasteiger charge is -2.39. The van der Waals surface area contributed by atoms with E-state index < -0.39 is 0 Å². The third-order valence-electron chi connectivity index (χ3n) is 7.09. The number of benzene rings is 1. The first kappa shape index (κ1) is 21.9. The zero-order valence-corrected chi connectivity index (χ0v) is 19.4. The molecule has 2 fully saturated rings. The topological polar surface area (TPSA) is 80.2 Å². The number of nitrogens with zero attached hydrogens (tertiary/aromatic N) is 4. The van der Waals surface area contributed by atoms with Crippen molar-refractivity contribution in [1.29, 1.82) is 0 Å². The molecule has 1 unspecified atom stereocenters. The largest absolute Gasteiger partial charge is 0.370 e. The summed E-state index contributed by atoms with van der Waals surface area (Å²) < 4.78 is 6.50. The van der Waals surface area contributed by atoms with Crippen LogP contribution in [-0.4, -0.2) is 57.1 Å². The molecule has 33 heavy (non-hydrogen) atoms. The maximum absolute atomic E-state index is 12.8. The van der Waals surface area contributed by atoms with Gasteiger partial charge in [0, 0.05) is 44.1 Å². The minimum Gasteiger partial charge on any atom is -0.370 e. The van der Waals surface area contributed by atoms with Gasteiger partial charge in [-0.2, -0.15) is 0 Å². The van der Waals surface area contributed by atoms with Crippen LogP contribution in [0.5, 0.6) is 0 Å². The standard InChI is InChI=1S/C26H31N5O2/c1-18-19(2)30-24-15-21(3-4-23(24)29-18)25(32)28-16-22-5-8-26(33-22)9-13-31(14-10-26)17-20-6-11-27-12-7-20/h3-4,6-7,11-12,15,22H,5,8-10,13-14,16-17H2,1-2H3,(H,28,32). The van der Waals surface area contributed by atoms with E-state index in [1.54, 1.807) is 0 Å². The van der Waals surface area contributed by atoms with Crippen LogP contribution in [0.15, 0.2) is 42.7 Å². The third kappa shape index (κ3) is 4.89. The van der Waals surface area contributed by atoms with Gasteiger partial charge in [0.15, 0.2) is 0 Å². The summed E-state index contributed by atoms with van der Waals surface area (Å²) in [4.78, 5) is 28.5. The van der Waals surface area contributed by atoms with Crippen molar-refractivity contribution >= 4 is 16.9 Å². The maximum atomic E-state index is 12.8. The lowest BCUT2D eigenvalue weighted by atomic mass is 9.88. The zero-order chi connectivity index (χ0) is 22.8. The number of aryl methyl sites for hydroxylation is 2. The van der Waals surface area contributed by atoms with E-state index in [0.29, 0.717) is 12.1 Å². The average Bonchev–Trinajstić information content (AvgIpc) is 3.23. The zero-order valence-electron chi connectivity index (χ0n) is 19.4. The summed E-state index contributed by atoms with van der Waals surface area (Å²) in [7, 11) is 0. The number of likely N-dealkylation sites (tertiary alicyclic amines) is 1. The molecule has 1 aromatic carbocycles. The molecule has 0 aliphatic carbocycles. The first-order chi connectivity index (χ1) is 16.0. The van der Waals surface area contributed by atoms with Crippen molar-refractivity contribution in [3.8, 4) is 0 Å². The summed E-state index contributed by atoms with van der Waals surface area (Å²) in [5, 5.41) is 3.07. The van der Waals surface area contributed by atoms with E-state index in [9.17, 15) is 4.79 Å². The van der Waals surface area contributed by atoms with Gasteiger partial charge in [0.1, 0.15) is 0 Å². The number of amides is 1. The van der Waals surface area contributed by atoms with Gasteiger partial charge in [-0.1, -0.05) is 0 Å². The molecular weight excluding hydrogens is 414 g/mol. The number of carbonyl (C=O) groups is 1. The molecule has 3 aromatic rings. The maximum Gasteiger partial charge on any atom is 0.251 e. The van der Waals surface area contributed by atoms with Crippen LogP contribution in [0.4, 0.5) is 0 Å². The Hall–Kier alpha value is -2.90. The Labute approximate surface area is 194 Å². The van der Waals surface area contributed by atoms with Gasteiger partial charge >= 0.3 is 0 Å². The molecule has 1 spiro atoms. The lowest BCUT2D eigenvalue weighted by Crippen LogP contribution is -2.44. The highest BCUT2D eigenvalue weighted by Crippen LogP contribution is 2.39. The van der Waals surface area contributed by atoms with Crippen molar-refractivity contribution in [1.82, 2.24) is 25.2 Å². The van der Waals surface area contributed by atoms with Gasteiger partial charge in [-0.05, 0) is 75.4 Å². The molecule has 0 radical (unpaired) electrons. The van der Waals surface area contributed by atoms with E-state index in [-0.39, 0.29) is 17.6 Å². The number of piperidine rings is 1. The summed E-state index contributed by atoms with van der Waals surface area (Å²) in [6, 6.07) is 9.67. The summed E-state index contributed by atoms with van der Waals surface area (Å²) >= 11 is 0. The van der Waals surface area contributed by atoms with Gasteiger partial charge in [-0.3, -0.25) is 14.7 Å². The fraction of sp³-hybridized carbons (Fsp3) is 0.462. The highest BCUT2D eigenvalue weighted by atomic mass is 16.5. The molecule has 7 heteroatoms. The highest BCUT2D eigenvalue weighted by Gasteiger charge is 2.42. The van der Waals surface area contributed by atoms with Crippen molar-refractivity contribution in [3.05, 3.63) is 65.2 Å². The Morgan fingerprint density at radius 1 is 1.06 bits per heavy atom. The molecule has 0 bridgehead atoms. The lowest BCUT2D eigenvalue weighted by molar-refractivity contribution is -0.0764. The molecule has 1 atom stereocenters. The Morgan fingerprint density at radius 2 is 1.79 bits per heavy atom. The Morgan fingerprint density at radius 3 is 2.55 bits per heavy atom. The van der Waals surface area contributed by atoms with Gasteiger partial charge in [0.25, 0.3) is 5.91 Å². The Kier molecular flexibility index (Phi) is 6.08. The van der Waals surface area contributed by atoms with Gasteiger partial charge in [0.2, 0.25) is 0 Å². The van der Waals surface area contributed by atoms with E-state index in [0.717, 1.165) is 67.7 Å². The Balaban J connectivity index is 1.13. The average molecular weight is 446 g/mol. The van der Waals surface area contributed by atoms with Crippen LogP contribution < -0.4 is 5.32 Å². The number of fused-ring (bicyclic) bond motifs is 1. The van der Waals surface area contributed by atoms with Gasteiger partial charge in [0.05, 0.1) is 34.1 Å². The number of carbonyl (C=O) groups excluding carboxylic acids is 1. The van der Waals surface area contributed by atoms with Crippen molar-refractivity contribution < 1.29 is 9.53 Å². The fourth-order valence-electron chi connectivity index (χ4n) is 4.95. The molecule has 4 heterocycles. The number of aromatic nitrogens is 3. The second-order valence-corrected chi connectivity index (χ2v) is 9.40. The summed E-state index contributed by atoms with van der Waals surface area (Å²) in [5.41, 5.74) is 5.24.